The van der Waals surface area contributed by atoms with Crippen LogP contribution in [0.1, 0.15) is 15.9 Å². The summed E-state index contributed by atoms with van der Waals surface area (Å²) in [6.45, 7) is 0.454. The summed E-state index contributed by atoms with van der Waals surface area (Å²) in [5, 5.41) is 12.9. The Kier molecular flexibility index (Phi) is 6.53. The van der Waals surface area contributed by atoms with Gasteiger partial charge in [0.2, 0.25) is 5.91 Å². The lowest BCUT2D eigenvalue weighted by atomic mass is 9.98. The van der Waals surface area contributed by atoms with Gasteiger partial charge in [0.05, 0.1) is 32.1 Å². The highest BCUT2D eigenvalue weighted by atomic mass is 16.5. The number of carbonyl (C=O) groups excluding carboxylic acids is 1. The second-order valence-electron chi connectivity index (χ2n) is 4.41. The molecule has 0 saturated heterocycles. The van der Waals surface area contributed by atoms with Gasteiger partial charge in [-0.05, 0) is 12.1 Å². The summed E-state index contributed by atoms with van der Waals surface area (Å²) in [7, 11) is 2.97. The van der Waals surface area contributed by atoms with Crippen LogP contribution in [0.15, 0.2) is 12.1 Å². The number of terminal acetylenes is 1. The number of aliphatic hydroxyl groups excluding tert-OH is 1. The number of nitrogens with one attached hydrogen (secondary N) is 1. The highest BCUT2D eigenvalue weighted by Crippen LogP contribution is 2.32. The monoisotopic (exact) mass is 292 g/mol. The Balaban J connectivity index is 3.25. The largest absolute Gasteiger partial charge is 0.494 e. The van der Waals surface area contributed by atoms with E-state index in [-0.39, 0.29) is 13.0 Å². The van der Waals surface area contributed by atoms with Crippen molar-refractivity contribution in [1.82, 2.24) is 0 Å². The predicted molar refractivity (Wildman–Crippen MR) is 80.4 cm³/mol. The second-order valence-corrected chi connectivity index (χ2v) is 4.41. The molecule has 0 fully saturated rings. The number of nitrogens with two attached hydrogens (primary N) is 1. The van der Waals surface area contributed by atoms with E-state index in [1.54, 1.807) is 12.1 Å². The van der Waals surface area contributed by atoms with Gasteiger partial charge >= 0.3 is 0 Å². The summed E-state index contributed by atoms with van der Waals surface area (Å²) in [6, 6.07) is 3.25. The Morgan fingerprint density at radius 1 is 1.52 bits per heavy atom. The molecule has 6 heteroatoms. The molecular formula is C15H20N2O4. The molecule has 1 aromatic rings. The minimum atomic E-state index is -0.773. The summed E-state index contributed by atoms with van der Waals surface area (Å²) in [6.07, 6.45) is 4.63. The van der Waals surface area contributed by atoms with E-state index in [1.807, 2.05) is 0 Å². The van der Waals surface area contributed by atoms with E-state index in [0.29, 0.717) is 29.1 Å². The Morgan fingerprint density at radius 2 is 2.24 bits per heavy atom. The van der Waals surface area contributed by atoms with Crippen molar-refractivity contribution >= 4 is 11.6 Å². The molecule has 1 rings (SSSR count). The third-order valence-electron chi connectivity index (χ3n) is 2.91. The molecule has 21 heavy (non-hydrogen) atoms. The lowest BCUT2D eigenvalue weighted by molar-refractivity contribution is 0.0644. The summed E-state index contributed by atoms with van der Waals surface area (Å²) in [4.78, 5) is 11.6. The first-order chi connectivity index (χ1) is 10.0. The van der Waals surface area contributed by atoms with Gasteiger partial charge in [0.15, 0.2) is 0 Å². The normalized spacial score (nSPS) is 11.5. The summed E-state index contributed by atoms with van der Waals surface area (Å²) < 4.78 is 10.2. The number of rotatable bonds is 8. The van der Waals surface area contributed by atoms with Crippen LogP contribution in [-0.2, 0) is 11.2 Å². The van der Waals surface area contributed by atoms with E-state index in [9.17, 15) is 9.90 Å². The molecule has 0 spiro atoms. The lowest BCUT2D eigenvalue weighted by Gasteiger charge is -2.19. The van der Waals surface area contributed by atoms with Gasteiger partial charge < -0.3 is 25.6 Å². The van der Waals surface area contributed by atoms with Gasteiger partial charge in [-0.15, -0.1) is 6.42 Å². The molecular weight excluding hydrogens is 272 g/mol. The minimum Gasteiger partial charge on any atom is -0.494 e. The van der Waals surface area contributed by atoms with E-state index in [0.717, 1.165) is 0 Å². The Bertz CT molecular complexity index is 537. The maximum atomic E-state index is 11.6. The average Bonchev–Trinajstić information content (AvgIpc) is 2.44. The van der Waals surface area contributed by atoms with Crippen molar-refractivity contribution in [2.24, 2.45) is 5.73 Å². The van der Waals surface area contributed by atoms with Crippen molar-refractivity contribution in [3.63, 3.8) is 0 Å². The van der Waals surface area contributed by atoms with Gasteiger partial charge in [0.1, 0.15) is 5.75 Å². The molecule has 0 heterocycles. The zero-order valence-electron chi connectivity index (χ0n) is 12.2. The maximum Gasteiger partial charge on any atom is 0.249 e. The van der Waals surface area contributed by atoms with Crippen LogP contribution in [-0.4, -0.2) is 44.5 Å². The van der Waals surface area contributed by atoms with Crippen LogP contribution in [0.5, 0.6) is 5.75 Å². The summed E-state index contributed by atoms with van der Waals surface area (Å²) >= 11 is 0. The van der Waals surface area contributed by atoms with Crippen LogP contribution in [0.4, 0.5) is 5.69 Å². The highest BCUT2D eigenvalue weighted by molar-refractivity contribution is 5.96. The Morgan fingerprint density at radius 3 is 2.76 bits per heavy atom. The molecule has 0 radical (unpaired) electrons. The van der Waals surface area contributed by atoms with Gasteiger partial charge in [-0.25, -0.2) is 0 Å². The standard InChI is InChI=1S/C15H20N2O4/c1-4-7-17-13-6-5-11(15(16)19)12(14(13)21-3)8-10(18)9-20-2/h1,5-6,10,17-18H,7-9H2,2-3H3,(H2,16,19). The number of benzene rings is 1. The molecule has 0 aliphatic carbocycles. The Labute approximate surface area is 124 Å². The van der Waals surface area contributed by atoms with Crippen molar-refractivity contribution in [1.29, 1.82) is 0 Å². The predicted octanol–water partition coefficient (Wildman–Crippen LogP) is 0.389. The SMILES string of the molecule is C#CCNc1ccc(C(N)=O)c(CC(O)COC)c1OC. The van der Waals surface area contributed by atoms with Crippen LogP contribution in [0.2, 0.25) is 0 Å². The minimum absolute atomic E-state index is 0.142. The quantitative estimate of drug-likeness (QED) is 0.603. The first-order valence-electron chi connectivity index (χ1n) is 6.39. The van der Waals surface area contributed by atoms with Crippen LogP contribution >= 0.6 is 0 Å². The van der Waals surface area contributed by atoms with E-state index >= 15 is 0 Å². The van der Waals surface area contributed by atoms with Crippen molar-refractivity contribution in [3.8, 4) is 18.1 Å². The first-order valence-corrected chi connectivity index (χ1v) is 6.39. The fourth-order valence-corrected chi connectivity index (χ4v) is 2.07. The molecule has 1 unspecified atom stereocenters. The van der Waals surface area contributed by atoms with E-state index in [4.69, 9.17) is 21.6 Å². The Hall–Kier alpha value is -2.23. The smallest absolute Gasteiger partial charge is 0.249 e. The molecule has 1 atom stereocenters. The van der Waals surface area contributed by atoms with Gasteiger partial charge in [0.25, 0.3) is 0 Å². The molecule has 0 aliphatic rings. The number of hydrogen-bond acceptors (Lipinski definition) is 5. The molecule has 4 N–H and O–H groups in total. The van der Waals surface area contributed by atoms with Crippen molar-refractivity contribution < 1.29 is 19.4 Å². The van der Waals surface area contributed by atoms with Crippen LogP contribution < -0.4 is 15.8 Å². The summed E-state index contributed by atoms with van der Waals surface area (Å²) in [5.74, 6) is 2.31. The number of carbonyl (C=O) groups is 1. The lowest BCUT2D eigenvalue weighted by Crippen LogP contribution is -2.22. The number of primary amides is 1. The fourth-order valence-electron chi connectivity index (χ4n) is 2.07. The van der Waals surface area contributed by atoms with Crippen LogP contribution in [0.25, 0.3) is 0 Å². The summed E-state index contributed by atoms with van der Waals surface area (Å²) in [5.41, 5.74) is 6.84. The van der Waals surface area contributed by atoms with Crippen LogP contribution in [0, 0.1) is 12.3 Å². The third kappa shape index (κ3) is 4.38. The molecule has 1 aromatic carbocycles. The van der Waals surface area contributed by atoms with Crippen molar-refractivity contribution in [3.05, 3.63) is 23.3 Å². The van der Waals surface area contributed by atoms with Gasteiger partial charge in [-0.3, -0.25) is 4.79 Å². The zero-order chi connectivity index (χ0) is 15.8. The maximum absolute atomic E-state index is 11.6. The molecule has 0 aliphatic heterocycles. The highest BCUT2D eigenvalue weighted by Gasteiger charge is 2.20. The van der Waals surface area contributed by atoms with E-state index in [1.165, 1.54) is 14.2 Å². The van der Waals surface area contributed by atoms with Gasteiger partial charge in [0, 0.05) is 24.7 Å². The van der Waals surface area contributed by atoms with E-state index < -0.39 is 12.0 Å². The fraction of sp³-hybridized carbons (Fsp3) is 0.400. The number of amides is 1. The third-order valence-corrected chi connectivity index (χ3v) is 2.91. The number of hydrogen-bond donors (Lipinski definition) is 3. The van der Waals surface area contributed by atoms with E-state index in [2.05, 4.69) is 11.2 Å². The van der Waals surface area contributed by atoms with Crippen molar-refractivity contribution in [2.75, 3.05) is 32.7 Å². The molecule has 1 amide bonds. The number of aliphatic hydroxyl groups is 1. The van der Waals surface area contributed by atoms with Gasteiger partial charge in [-0.1, -0.05) is 5.92 Å². The van der Waals surface area contributed by atoms with Crippen molar-refractivity contribution in [2.45, 2.75) is 12.5 Å². The topological polar surface area (TPSA) is 93.8 Å². The number of anilines is 1. The number of methoxy groups -OCH3 is 2. The second kappa shape index (κ2) is 8.15. The molecule has 114 valence electrons. The first kappa shape index (κ1) is 16.8. The zero-order valence-corrected chi connectivity index (χ0v) is 12.2. The van der Waals surface area contributed by atoms with Crippen LogP contribution in [0.3, 0.4) is 0 Å². The molecule has 0 saturated carbocycles. The average molecular weight is 292 g/mol. The molecule has 0 aromatic heterocycles. The van der Waals surface area contributed by atoms with Gasteiger partial charge in [-0.2, -0.15) is 0 Å². The molecule has 6 nitrogen and oxygen atoms in total. The number of ether oxygens (including phenoxy) is 2. The molecule has 0 bridgehead atoms.